The first-order valence-electron chi connectivity index (χ1n) is 5.23. The molecule has 3 N–H and O–H groups in total. The summed E-state index contributed by atoms with van der Waals surface area (Å²) in [4.78, 5) is 0.523. The first-order chi connectivity index (χ1) is 7.33. The maximum absolute atomic E-state index is 13.4. The largest absolute Gasteiger partial charge is 0.399 e. The van der Waals surface area contributed by atoms with Crippen LogP contribution in [-0.2, 0) is 0 Å². The van der Waals surface area contributed by atoms with Gasteiger partial charge < -0.3 is 10.8 Å². The molecule has 0 saturated heterocycles. The topological polar surface area (TPSA) is 46.2 Å². The van der Waals surface area contributed by atoms with Crippen molar-refractivity contribution in [3.8, 4) is 0 Å². The fourth-order valence-electron chi connectivity index (χ4n) is 1.02. The summed E-state index contributed by atoms with van der Waals surface area (Å²) in [7, 11) is 0. The van der Waals surface area contributed by atoms with Gasteiger partial charge in [-0.1, -0.05) is 13.8 Å². The minimum atomic E-state index is -0.793. The average Bonchev–Trinajstić information content (AvgIpc) is 2.16. The van der Waals surface area contributed by atoms with Crippen LogP contribution < -0.4 is 5.73 Å². The molecule has 0 amide bonds. The highest BCUT2D eigenvalue weighted by atomic mass is 32.2. The van der Waals surface area contributed by atoms with Gasteiger partial charge in [0.25, 0.3) is 0 Å². The number of rotatable bonds is 4. The van der Waals surface area contributed by atoms with Crippen molar-refractivity contribution >= 4 is 17.4 Å². The Hall–Kier alpha value is -0.740. The lowest BCUT2D eigenvalue weighted by atomic mass is 9.95. The van der Waals surface area contributed by atoms with E-state index in [4.69, 9.17) is 5.73 Å². The summed E-state index contributed by atoms with van der Waals surface area (Å²) < 4.78 is 13.4. The maximum atomic E-state index is 13.4. The van der Waals surface area contributed by atoms with E-state index < -0.39 is 5.60 Å². The number of hydrogen-bond acceptors (Lipinski definition) is 3. The Kier molecular flexibility index (Phi) is 4.21. The first-order valence-corrected chi connectivity index (χ1v) is 6.21. The molecule has 4 heteroatoms. The third kappa shape index (κ3) is 3.39. The van der Waals surface area contributed by atoms with E-state index in [0.717, 1.165) is 0 Å². The van der Waals surface area contributed by atoms with E-state index in [0.29, 0.717) is 16.3 Å². The van der Waals surface area contributed by atoms with Crippen LogP contribution in [0.2, 0.25) is 0 Å². The summed E-state index contributed by atoms with van der Waals surface area (Å²) in [6.45, 7) is 5.65. The van der Waals surface area contributed by atoms with Crippen molar-refractivity contribution in [2.24, 2.45) is 5.92 Å². The number of hydrogen-bond donors (Lipinski definition) is 2. The zero-order valence-corrected chi connectivity index (χ0v) is 10.6. The Labute approximate surface area is 100 Å². The summed E-state index contributed by atoms with van der Waals surface area (Å²) >= 11 is 1.31. The second-order valence-electron chi connectivity index (χ2n) is 4.49. The van der Waals surface area contributed by atoms with Gasteiger partial charge in [0.15, 0.2) is 0 Å². The number of thioether (sulfide) groups is 1. The van der Waals surface area contributed by atoms with Gasteiger partial charge in [-0.15, -0.1) is 11.8 Å². The zero-order chi connectivity index (χ0) is 12.3. The van der Waals surface area contributed by atoms with Crippen LogP contribution in [0, 0.1) is 11.7 Å². The van der Waals surface area contributed by atoms with Gasteiger partial charge in [-0.05, 0) is 31.0 Å². The fraction of sp³-hybridized carbons (Fsp3) is 0.500. The van der Waals surface area contributed by atoms with Gasteiger partial charge in [-0.25, -0.2) is 4.39 Å². The molecular formula is C12H18FNOS. The molecule has 1 aromatic carbocycles. The van der Waals surface area contributed by atoms with Crippen LogP contribution in [0.3, 0.4) is 0 Å². The van der Waals surface area contributed by atoms with Crippen molar-refractivity contribution in [1.29, 1.82) is 0 Å². The third-order valence-electron chi connectivity index (χ3n) is 2.72. The smallest absolute Gasteiger partial charge is 0.138 e. The highest BCUT2D eigenvalue weighted by Gasteiger charge is 2.25. The van der Waals surface area contributed by atoms with Gasteiger partial charge in [0.1, 0.15) is 5.82 Å². The molecule has 0 fully saturated rings. The van der Waals surface area contributed by atoms with Gasteiger partial charge >= 0.3 is 0 Å². The molecule has 0 aliphatic carbocycles. The Morgan fingerprint density at radius 2 is 2.12 bits per heavy atom. The molecule has 1 aromatic rings. The van der Waals surface area contributed by atoms with E-state index in [1.54, 1.807) is 19.1 Å². The Bertz CT molecular complexity index is 366. The molecule has 0 aromatic heterocycles. The van der Waals surface area contributed by atoms with Crippen LogP contribution >= 0.6 is 11.8 Å². The maximum Gasteiger partial charge on any atom is 0.138 e. The number of aliphatic hydroxyl groups is 1. The van der Waals surface area contributed by atoms with Gasteiger partial charge in [-0.2, -0.15) is 0 Å². The predicted molar refractivity (Wildman–Crippen MR) is 67.0 cm³/mol. The van der Waals surface area contributed by atoms with E-state index in [1.807, 2.05) is 13.8 Å². The van der Waals surface area contributed by atoms with Crippen LogP contribution in [0.25, 0.3) is 0 Å². The quantitative estimate of drug-likeness (QED) is 0.631. The summed E-state index contributed by atoms with van der Waals surface area (Å²) in [5.74, 6) is 0.271. The normalized spacial score (nSPS) is 15.1. The number of nitrogen functional groups attached to an aromatic ring is 1. The van der Waals surface area contributed by atoms with Gasteiger partial charge in [-0.3, -0.25) is 0 Å². The van der Waals surface area contributed by atoms with Crippen LogP contribution in [0.4, 0.5) is 10.1 Å². The molecule has 0 aliphatic heterocycles. The molecule has 0 heterocycles. The zero-order valence-electron chi connectivity index (χ0n) is 9.83. The number of anilines is 1. The Balaban J connectivity index is 2.68. The van der Waals surface area contributed by atoms with E-state index in [9.17, 15) is 9.50 Å². The van der Waals surface area contributed by atoms with Crippen LogP contribution in [0.15, 0.2) is 23.1 Å². The predicted octanol–water partition coefficient (Wildman–Crippen LogP) is 2.91. The van der Waals surface area contributed by atoms with Crippen molar-refractivity contribution < 1.29 is 9.50 Å². The number of nitrogens with two attached hydrogens (primary N) is 1. The summed E-state index contributed by atoms with van der Waals surface area (Å²) in [5.41, 5.74) is 5.08. The van der Waals surface area contributed by atoms with Crippen molar-refractivity contribution in [3.63, 3.8) is 0 Å². The van der Waals surface area contributed by atoms with Crippen LogP contribution in [0.1, 0.15) is 20.8 Å². The van der Waals surface area contributed by atoms with E-state index in [-0.39, 0.29) is 11.7 Å². The SMILES string of the molecule is CC(C)C(C)(O)CSc1ccc(N)cc1F. The van der Waals surface area contributed by atoms with Crippen molar-refractivity contribution in [2.45, 2.75) is 31.3 Å². The van der Waals surface area contributed by atoms with Crippen LogP contribution in [0.5, 0.6) is 0 Å². The second kappa shape index (κ2) is 5.06. The minimum Gasteiger partial charge on any atom is -0.399 e. The standard InChI is InChI=1S/C12H18FNOS/c1-8(2)12(3,15)7-16-11-5-4-9(14)6-10(11)13/h4-6,8,15H,7,14H2,1-3H3. The summed E-state index contributed by atoms with van der Waals surface area (Å²) in [6, 6.07) is 4.60. The molecule has 0 saturated carbocycles. The van der Waals surface area contributed by atoms with Gasteiger partial charge in [0.2, 0.25) is 0 Å². The molecular weight excluding hydrogens is 225 g/mol. The van der Waals surface area contributed by atoms with Crippen molar-refractivity contribution in [1.82, 2.24) is 0 Å². The lowest BCUT2D eigenvalue weighted by molar-refractivity contribution is 0.0376. The molecule has 16 heavy (non-hydrogen) atoms. The molecule has 1 atom stereocenters. The molecule has 0 radical (unpaired) electrons. The lowest BCUT2D eigenvalue weighted by Crippen LogP contribution is -2.33. The summed E-state index contributed by atoms with van der Waals surface area (Å²) in [6.07, 6.45) is 0. The molecule has 0 aliphatic rings. The Morgan fingerprint density at radius 3 is 2.62 bits per heavy atom. The molecule has 1 unspecified atom stereocenters. The van der Waals surface area contributed by atoms with Gasteiger partial charge in [0.05, 0.1) is 5.60 Å². The highest BCUT2D eigenvalue weighted by molar-refractivity contribution is 7.99. The average molecular weight is 243 g/mol. The van der Waals surface area contributed by atoms with Crippen LogP contribution in [-0.4, -0.2) is 16.5 Å². The van der Waals surface area contributed by atoms with Crippen molar-refractivity contribution in [2.75, 3.05) is 11.5 Å². The molecule has 0 spiro atoms. The molecule has 1 rings (SSSR count). The second-order valence-corrected chi connectivity index (χ2v) is 5.51. The van der Waals surface area contributed by atoms with E-state index in [1.165, 1.54) is 17.8 Å². The lowest BCUT2D eigenvalue weighted by Gasteiger charge is -2.27. The minimum absolute atomic E-state index is 0.136. The molecule has 90 valence electrons. The number of benzene rings is 1. The molecule has 0 bridgehead atoms. The van der Waals surface area contributed by atoms with E-state index in [2.05, 4.69) is 0 Å². The summed E-state index contributed by atoms with van der Waals surface area (Å²) in [5, 5.41) is 10.0. The molecule has 2 nitrogen and oxygen atoms in total. The Morgan fingerprint density at radius 1 is 1.50 bits per heavy atom. The fourth-order valence-corrected chi connectivity index (χ4v) is 2.17. The highest BCUT2D eigenvalue weighted by Crippen LogP contribution is 2.29. The first kappa shape index (κ1) is 13.3. The van der Waals surface area contributed by atoms with Crippen molar-refractivity contribution in [3.05, 3.63) is 24.0 Å². The monoisotopic (exact) mass is 243 g/mol. The van der Waals surface area contributed by atoms with E-state index >= 15 is 0 Å². The van der Waals surface area contributed by atoms with Gasteiger partial charge in [0, 0.05) is 16.3 Å². The number of halogens is 1. The third-order valence-corrected chi connectivity index (χ3v) is 4.09.